The van der Waals surface area contributed by atoms with Gasteiger partial charge < -0.3 is 0 Å². The van der Waals surface area contributed by atoms with Crippen molar-refractivity contribution in [1.82, 2.24) is 0 Å². The van der Waals surface area contributed by atoms with Crippen molar-refractivity contribution in [1.29, 1.82) is 0 Å². The first-order valence-electron chi connectivity index (χ1n) is 8.34. The maximum absolute atomic E-state index is 2.35. The summed E-state index contributed by atoms with van der Waals surface area (Å²) < 4.78 is 4.59. The average Bonchev–Trinajstić information content (AvgIpc) is 3.02. The molecule has 1 saturated carbocycles. The van der Waals surface area contributed by atoms with Gasteiger partial charge in [-0.1, -0.05) is 19.8 Å². The highest BCUT2D eigenvalue weighted by Gasteiger charge is 2.19. The van der Waals surface area contributed by atoms with Gasteiger partial charge in [0.15, 0.2) is 31.3 Å². The maximum atomic E-state index is 2.35. The lowest BCUT2D eigenvalue weighted by Gasteiger charge is -2.05. The summed E-state index contributed by atoms with van der Waals surface area (Å²) >= 11 is 0. The fourth-order valence-electron chi connectivity index (χ4n) is 3.32. The molecule has 2 aromatic rings. The Morgan fingerprint density at radius 2 is 1.38 bits per heavy atom. The normalized spacial score (nSPS) is 15.5. The van der Waals surface area contributed by atoms with Crippen LogP contribution < -0.4 is 9.13 Å². The van der Waals surface area contributed by atoms with Gasteiger partial charge in [-0.05, 0) is 24.0 Å². The highest BCUT2D eigenvalue weighted by atomic mass is 14.9. The van der Waals surface area contributed by atoms with Crippen molar-refractivity contribution in [2.45, 2.75) is 52.1 Å². The molecule has 3 rings (SSSR count). The molecular weight excluding hydrogens is 256 g/mol. The Kier molecular flexibility index (Phi) is 4.64. The van der Waals surface area contributed by atoms with E-state index in [0.29, 0.717) is 0 Å². The summed E-state index contributed by atoms with van der Waals surface area (Å²) in [6, 6.07) is 8.92. The number of hydrogen-bond acceptors (Lipinski definition) is 0. The SMILES string of the molecule is CCC[n+]1ccc(-c2cc[n+](CC3CCCC3)cc2)cc1. The Morgan fingerprint density at radius 1 is 0.857 bits per heavy atom. The van der Waals surface area contributed by atoms with Gasteiger partial charge in [-0.25, -0.2) is 9.13 Å². The molecule has 2 nitrogen and oxygen atoms in total. The van der Waals surface area contributed by atoms with Crippen LogP contribution in [0, 0.1) is 5.92 Å². The molecule has 1 aliphatic rings. The van der Waals surface area contributed by atoms with Crippen LogP contribution in [0.1, 0.15) is 39.0 Å². The highest BCUT2D eigenvalue weighted by Crippen LogP contribution is 2.24. The van der Waals surface area contributed by atoms with Crippen LogP contribution in [0.15, 0.2) is 49.1 Å². The van der Waals surface area contributed by atoms with Crippen molar-refractivity contribution >= 4 is 0 Å². The number of pyridine rings is 2. The van der Waals surface area contributed by atoms with E-state index >= 15 is 0 Å². The van der Waals surface area contributed by atoms with Gasteiger partial charge in [0.05, 0.1) is 0 Å². The lowest BCUT2D eigenvalue weighted by Crippen LogP contribution is -2.36. The highest BCUT2D eigenvalue weighted by molar-refractivity contribution is 5.60. The second kappa shape index (κ2) is 6.84. The van der Waals surface area contributed by atoms with Gasteiger partial charge in [0.2, 0.25) is 0 Å². The van der Waals surface area contributed by atoms with Gasteiger partial charge in [-0.2, -0.15) is 0 Å². The number of aryl methyl sites for hydroxylation is 1. The summed E-state index contributed by atoms with van der Waals surface area (Å²) in [7, 11) is 0. The predicted molar refractivity (Wildman–Crippen MR) is 84.5 cm³/mol. The van der Waals surface area contributed by atoms with Crippen LogP contribution in [0.4, 0.5) is 0 Å². The molecule has 0 spiro atoms. The van der Waals surface area contributed by atoms with Gasteiger partial charge in [0.25, 0.3) is 0 Å². The Balaban J connectivity index is 1.68. The maximum Gasteiger partial charge on any atom is 0.169 e. The summed E-state index contributed by atoms with van der Waals surface area (Å²) in [5.74, 6) is 0.894. The predicted octanol–water partition coefficient (Wildman–Crippen LogP) is 3.53. The van der Waals surface area contributed by atoms with E-state index in [4.69, 9.17) is 0 Å². The third-order valence-corrected chi connectivity index (χ3v) is 4.54. The molecule has 0 unspecified atom stereocenters. The van der Waals surface area contributed by atoms with Crippen LogP contribution in [0.5, 0.6) is 0 Å². The average molecular weight is 282 g/mol. The first kappa shape index (κ1) is 14.2. The van der Waals surface area contributed by atoms with E-state index in [0.717, 1.165) is 12.5 Å². The molecule has 0 bridgehead atoms. The molecule has 1 fully saturated rings. The van der Waals surface area contributed by atoms with Gasteiger partial charge >= 0.3 is 0 Å². The van der Waals surface area contributed by atoms with Crippen molar-refractivity contribution in [3.8, 4) is 11.1 Å². The quantitative estimate of drug-likeness (QED) is 0.741. The smallest absolute Gasteiger partial charge is 0.169 e. The fraction of sp³-hybridized carbons (Fsp3) is 0.474. The molecule has 0 aromatic carbocycles. The number of nitrogens with zero attached hydrogens (tertiary/aromatic N) is 2. The molecular formula is C19H26N2+2. The van der Waals surface area contributed by atoms with E-state index in [2.05, 4.69) is 65.1 Å². The summed E-state index contributed by atoms with van der Waals surface area (Å²) in [4.78, 5) is 0. The first-order chi connectivity index (χ1) is 10.3. The third kappa shape index (κ3) is 3.69. The number of aromatic nitrogens is 2. The van der Waals surface area contributed by atoms with E-state index in [1.807, 2.05) is 0 Å². The van der Waals surface area contributed by atoms with Gasteiger partial charge in [0, 0.05) is 36.6 Å². The van der Waals surface area contributed by atoms with Crippen LogP contribution in [0.3, 0.4) is 0 Å². The van der Waals surface area contributed by atoms with Gasteiger partial charge in [-0.15, -0.1) is 0 Å². The number of rotatable bonds is 5. The second-order valence-electron chi connectivity index (χ2n) is 6.26. The summed E-state index contributed by atoms with van der Waals surface area (Å²) in [6.07, 6.45) is 15.7. The molecule has 2 aromatic heterocycles. The van der Waals surface area contributed by atoms with Crippen LogP contribution >= 0.6 is 0 Å². The Labute approximate surface area is 128 Å². The first-order valence-corrected chi connectivity index (χ1v) is 8.34. The third-order valence-electron chi connectivity index (χ3n) is 4.54. The largest absolute Gasteiger partial charge is 0.205 e. The molecule has 2 heterocycles. The number of hydrogen-bond donors (Lipinski definition) is 0. The van der Waals surface area contributed by atoms with Crippen LogP contribution in [-0.2, 0) is 13.1 Å². The second-order valence-corrected chi connectivity index (χ2v) is 6.26. The molecule has 110 valence electrons. The Bertz CT molecular complexity index is 551. The molecule has 1 aliphatic carbocycles. The summed E-state index contributed by atoms with van der Waals surface area (Å²) in [5.41, 5.74) is 2.61. The van der Waals surface area contributed by atoms with E-state index in [-0.39, 0.29) is 0 Å². The minimum absolute atomic E-state index is 0.894. The van der Waals surface area contributed by atoms with Crippen molar-refractivity contribution in [3.63, 3.8) is 0 Å². The van der Waals surface area contributed by atoms with E-state index in [1.54, 1.807) is 0 Å². The molecule has 21 heavy (non-hydrogen) atoms. The van der Waals surface area contributed by atoms with Crippen molar-refractivity contribution in [2.24, 2.45) is 5.92 Å². The molecule has 0 atom stereocenters. The molecule has 0 amide bonds. The molecule has 0 radical (unpaired) electrons. The molecule has 0 saturated heterocycles. The molecule has 0 N–H and O–H groups in total. The Morgan fingerprint density at radius 3 is 1.90 bits per heavy atom. The topological polar surface area (TPSA) is 7.76 Å². The monoisotopic (exact) mass is 282 g/mol. The standard InChI is InChI=1S/C19H26N2/c1-2-11-20-12-7-18(8-13-20)19-9-14-21(15-10-19)16-17-5-3-4-6-17/h7-10,12-15,17H,2-6,11,16H2,1H3/q+2. The van der Waals surface area contributed by atoms with Crippen molar-refractivity contribution < 1.29 is 9.13 Å². The minimum atomic E-state index is 0.894. The summed E-state index contributed by atoms with van der Waals surface area (Å²) in [6.45, 7) is 4.49. The van der Waals surface area contributed by atoms with Crippen LogP contribution in [-0.4, -0.2) is 0 Å². The minimum Gasteiger partial charge on any atom is -0.205 e. The van der Waals surface area contributed by atoms with E-state index in [9.17, 15) is 0 Å². The Hall–Kier alpha value is -1.70. The van der Waals surface area contributed by atoms with Gasteiger partial charge in [0.1, 0.15) is 6.54 Å². The zero-order valence-corrected chi connectivity index (χ0v) is 13.0. The zero-order chi connectivity index (χ0) is 14.5. The van der Waals surface area contributed by atoms with E-state index < -0.39 is 0 Å². The van der Waals surface area contributed by atoms with Crippen LogP contribution in [0.25, 0.3) is 11.1 Å². The van der Waals surface area contributed by atoms with Crippen LogP contribution in [0.2, 0.25) is 0 Å². The zero-order valence-electron chi connectivity index (χ0n) is 13.0. The molecule has 0 aliphatic heterocycles. The lowest BCUT2D eigenvalue weighted by molar-refractivity contribution is -0.703. The summed E-state index contributed by atoms with van der Waals surface area (Å²) in [5, 5.41) is 0. The van der Waals surface area contributed by atoms with Crippen molar-refractivity contribution in [2.75, 3.05) is 0 Å². The van der Waals surface area contributed by atoms with E-state index in [1.165, 1.54) is 49.8 Å². The fourth-order valence-corrected chi connectivity index (χ4v) is 3.32. The lowest BCUT2D eigenvalue weighted by atomic mass is 10.1. The molecule has 2 heteroatoms. The van der Waals surface area contributed by atoms with Gasteiger partial charge in [-0.3, -0.25) is 0 Å². The van der Waals surface area contributed by atoms with Crippen molar-refractivity contribution in [3.05, 3.63) is 49.1 Å².